The standard InChI is InChI=1S/C16H24N4/c1-4-8-17-16(14-11-19-20(3)12-14)9-15-7-6-13(5-2)10-18-15/h6-7,10-12,16-17H,4-5,8-9H2,1-3H3. The van der Waals surface area contributed by atoms with Crippen molar-refractivity contribution in [1.82, 2.24) is 20.1 Å². The number of hydrogen-bond acceptors (Lipinski definition) is 3. The summed E-state index contributed by atoms with van der Waals surface area (Å²) in [5, 5.41) is 7.85. The van der Waals surface area contributed by atoms with Crippen LogP contribution in [0, 0.1) is 0 Å². The van der Waals surface area contributed by atoms with Crippen LogP contribution in [-0.2, 0) is 19.9 Å². The highest BCUT2D eigenvalue weighted by Gasteiger charge is 2.14. The van der Waals surface area contributed by atoms with Gasteiger partial charge in [-0.3, -0.25) is 9.67 Å². The Hall–Kier alpha value is -1.68. The number of rotatable bonds is 7. The van der Waals surface area contributed by atoms with Gasteiger partial charge in [-0.1, -0.05) is 19.9 Å². The van der Waals surface area contributed by atoms with Gasteiger partial charge in [0, 0.05) is 43.2 Å². The summed E-state index contributed by atoms with van der Waals surface area (Å²) >= 11 is 0. The topological polar surface area (TPSA) is 42.7 Å². The molecule has 20 heavy (non-hydrogen) atoms. The zero-order chi connectivity index (χ0) is 14.4. The average Bonchev–Trinajstić information content (AvgIpc) is 2.90. The van der Waals surface area contributed by atoms with E-state index in [0.717, 1.165) is 31.5 Å². The van der Waals surface area contributed by atoms with Gasteiger partial charge in [0.15, 0.2) is 0 Å². The van der Waals surface area contributed by atoms with Crippen molar-refractivity contribution in [3.63, 3.8) is 0 Å². The van der Waals surface area contributed by atoms with Gasteiger partial charge >= 0.3 is 0 Å². The Bertz CT molecular complexity index is 516. The van der Waals surface area contributed by atoms with Crippen LogP contribution in [0.5, 0.6) is 0 Å². The van der Waals surface area contributed by atoms with Crippen molar-refractivity contribution in [3.8, 4) is 0 Å². The number of nitrogens with zero attached hydrogens (tertiary/aromatic N) is 3. The molecule has 0 bridgehead atoms. The lowest BCUT2D eigenvalue weighted by Crippen LogP contribution is -2.24. The molecule has 1 atom stereocenters. The summed E-state index contributed by atoms with van der Waals surface area (Å²) in [6, 6.07) is 4.58. The summed E-state index contributed by atoms with van der Waals surface area (Å²) < 4.78 is 1.85. The molecule has 0 aromatic carbocycles. The molecule has 2 aromatic rings. The van der Waals surface area contributed by atoms with Crippen LogP contribution in [0.25, 0.3) is 0 Å². The highest BCUT2D eigenvalue weighted by Crippen LogP contribution is 2.17. The van der Waals surface area contributed by atoms with E-state index in [9.17, 15) is 0 Å². The van der Waals surface area contributed by atoms with Crippen LogP contribution in [0.15, 0.2) is 30.7 Å². The Morgan fingerprint density at radius 3 is 2.65 bits per heavy atom. The maximum absolute atomic E-state index is 4.56. The van der Waals surface area contributed by atoms with Gasteiger partial charge in [0.05, 0.1) is 6.20 Å². The lowest BCUT2D eigenvalue weighted by Gasteiger charge is -2.16. The zero-order valence-electron chi connectivity index (χ0n) is 12.6. The molecular weight excluding hydrogens is 248 g/mol. The van der Waals surface area contributed by atoms with Crippen LogP contribution >= 0.6 is 0 Å². The largest absolute Gasteiger partial charge is 0.310 e. The van der Waals surface area contributed by atoms with Gasteiger partial charge in [-0.25, -0.2) is 0 Å². The van der Waals surface area contributed by atoms with Gasteiger partial charge in [0.1, 0.15) is 0 Å². The zero-order valence-corrected chi connectivity index (χ0v) is 12.6. The van der Waals surface area contributed by atoms with E-state index in [2.05, 4.69) is 47.6 Å². The third kappa shape index (κ3) is 3.90. The second kappa shape index (κ2) is 7.20. The van der Waals surface area contributed by atoms with Gasteiger partial charge in [-0.2, -0.15) is 5.10 Å². The smallest absolute Gasteiger partial charge is 0.0537 e. The molecule has 0 saturated carbocycles. The minimum atomic E-state index is 0.281. The first kappa shape index (κ1) is 14.7. The monoisotopic (exact) mass is 272 g/mol. The Morgan fingerprint density at radius 2 is 2.10 bits per heavy atom. The normalized spacial score (nSPS) is 12.6. The number of nitrogens with one attached hydrogen (secondary N) is 1. The summed E-state index contributed by atoms with van der Waals surface area (Å²) in [4.78, 5) is 4.56. The summed E-state index contributed by atoms with van der Waals surface area (Å²) in [7, 11) is 1.95. The van der Waals surface area contributed by atoms with Crippen LogP contribution in [-0.4, -0.2) is 21.3 Å². The first-order chi connectivity index (χ1) is 9.72. The summed E-state index contributed by atoms with van der Waals surface area (Å²) in [6.07, 6.45) is 9.05. The van der Waals surface area contributed by atoms with E-state index in [1.165, 1.54) is 11.1 Å². The Balaban J connectivity index is 2.10. The van der Waals surface area contributed by atoms with Crippen molar-refractivity contribution in [3.05, 3.63) is 47.5 Å². The lowest BCUT2D eigenvalue weighted by molar-refractivity contribution is 0.524. The first-order valence-electron chi connectivity index (χ1n) is 7.38. The van der Waals surface area contributed by atoms with E-state index in [0.29, 0.717) is 0 Å². The predicted molar refractivity (Wildman–Crippen MR) is 81.6 cm³/mol. The molecule has 1 unspecified atom stereocenters. The predicted octanol–water partition coefficient (Wildman–Crippen LogP) is 2.66. The lowest BCUT2D eigenvalue weighted by atomic mass is 10.0. The molecule has 2 heterocycles. The SMILES string of the molecule is CCCNC(Cc1ccc(CC)cn1)c1cnn(C)c1. The van der Waals surface area contributed by atoms with Crippen molar-refractivity contribution in [2.45, 2.75) is 39.2 Å². The Morgan fingerprint density at radius 1 is 1.25 bits per heavy atom. The molecular formula is C16H24N4. The minimum Gasteiger partial charge on any atom is -0.310 e. The molecule has 0 spiro atoms. The summed E-state index contributed by atoms with van der Waals surface area (Å²) in [5.41, 5.74) is 3.63. The molecule has 2 aromatic heterocycles. The summed E-state index contributed by atoms with van der Waals surface area (Å²) in [6.45, 7) is 5.34. The van der Waals surface area contributed by atoms with Gasteiger partial charge in [-0.15, -0.1) is 0 Å². The minimum absolute atomic E-state index is 0.281. The van der Waals surface area contributed by atoms with E-state index in [4.69, 9.17) is 0 Å². The number of aromatic nitrogens is 3. The maximum Gasteiger partial charge on any atom is 0.0537 e. The van der Waals surface area contributed by atoms with Crippen molar-refractivity contribution in [2.75, 3.05) is 6.54 Å². The van der Waals surface area contributed by atoms with E-state index < -0.39 is 0 Å². The van der Waals surface area contributed by atoms with Crippen LogP contribution in [0.3, 0.4) is 0 Å². The fraction of sp³-hybridized carbons (Fsp3) is 0.500. The molecule has 0 aliphatic heterocycles. The van der Waals surface area contributed by atoms with Crippen molar-refractivity contribution >= 4 is 0 Å². The average molecular weight is 272 g/mol. The molecule has 0 aliphatic rings. The van der Waals surface area contributed by atoms with Gasteiger partial charge in [0.25, 0.3) is 0 Å². The number of aryl methyl sites for hydroxylation is 2. The maximum atomic E-state index is 4.56. The van der Waals surface area contributed by atoms with Crippen LogP contribution in [0.1, 0.15) is 43.1 Å². The second-order valence-electron chi connectivity index (χ2n) is 5.17. The van der Waals surface area contributed by atoms with Crippen molar-refractivity contribution < 1.29 is 0 Å². The van der Waals surface area contributed by atoms with Crippen LogP contribution in [0.4, 0.5) is 0 Å². The van der Waals surface area contributed by atoms with Gasteiger partial charge in [0.2, 0.25) is 0 Å². The van der Waals surface area contributed by atoms with Crippen LogP contribution < -0.4 is 5.32 Å². The highest BCUT2D eigenvalue weighted by molar-refractivity contribution is 5.18. The second-order valence-corrected chi connectivity index (χ2v) is 5.17. The Kier molecular flexibility index (Phi) is 5.30. The third-order valence-corrected chi connectivity index (χ3v) is 3.48. The Labute approximate surface area is 121 Å². The molecule has 0 saturated heterocycles. The molecule has 0 aliphatic carbocycles. The highest BCUT2D eigenvalue weighted by atomic mass is 15.2. The van der Waals surface area contributed by atoms with E-state index >= 15 is 0 Å². The third-order valence-electron chi connectivity index (χ3n) is 3.48. The fourth-order valence-electron chi connectivity index (χ4n) is 2.24. The molecule has 108 valence electrons. The molecule has 2 rings (SSSR count). The quantitative estimate of drug-likeness (QED) is 0.842. The molecule has 0 radical (unpaired) electrons. The van der Waals surface area contributed by atoms with E-state index in [1.807, 2.05) is 24.1 Å². The molecule has 4 nitrogen and oxygen atoms in total. The van der Waals surface area contributed by atoms with E-state index in [-0.39, 0.29) is 6.04 Å². The number of hydrogen-bond donors (Lipinski definition) is 1. The molecule has 4 heteroatoms. The van der Waals surface area contributed by atoms with Gasteiger partial charge < -0.3 is 5.32 Å². The van der Waals surface area contributed by atoms with Crippen molar-refractivity contribution in [1.29, 1.82) is 0 Å². The van der Waals surface area contributed by atoms with Gasteiger partial charge in [-0.05, 0) is 31.0 Å². The fourth-order valence-corrected chi connectivity index (χ4v) is 2.24. The van der Waals surface area contributed by atoms with E-state index in [1.54, 1.807) is 0 Å². The summed E-state index contributed by atoms with van der Waals surface area (Å²) in [5.74, 6) is 0. The molecule has 0 amide bonds. The molecule has 0 fully saturated rings. The first-order valence-corrected chi connectivity index (χ1v) is 7.38. The number of pyridine rings is 1. The molecule has 1 N–H and O–H groups in total. The van der Waals surface area contributed by atoms with Crippen molar-refractivity contribution in [2.24, 2.45) is 7.05 Å². The van der Waals surface area contributed by atoms with Crippen LogP contribution in [0.2, 0.25) is 0 Å².